The third-order valence-corrected chi connectivity index (χ3v) is 6.09. The number of nitrogens with zero attached hydrogens (tertiary/aromatic N) is 1. The summed E-state index contributed by atoms with van der Waals surface area (Å²) in [6, 6.07) is 5.15. The van der Waals surface area contributed by atoms with Crippen molar-refractivity contribution in [3.63, 3.8) is 0 Å². The molecule has 3 aliphatic rings. The number of hydrogen-bond donors (Lipinski definition) is 2. The van der Waals surface area contributed by atoms with Gasteiger partial charge in [-0.1, -0.05) is 6.42 Å². The minimum Gasteiger partial charge on any atom is -0.481 e. The highest BCUT2D eigenvalue weighted by Gasteiger charge is 2.55. The maximum Gasteiger partial charge on any atom is 0.321 e. The van der Waals surface area contributed by atoms with Crippen LogP contribution >= 0.6 is 0 Å². The largest absolute Gasteiger partial charge is 0.481 e. The van der Waals surface area contributed by atoms with E-state index in [4.69, 9.17) is 0 Å². The SMILES string of the molecule is O=C1CCCc2cc(NC(=O)N3C[C@@H]4CCC[C@@]4(C(=O)O)C3)ccc21. The number of urea groups is 1. The molecule has 2 atom stereocenters. The number of rotatable bonds is 2. The second-order valence-corrected chi connectivity index (χ2v) is 7.51. The Labute approximate surface area is 146 Å². The summed E-state index contributed by atoms with van der Waals surface area (Å²) >= 11 is 0. The van der Waals surface area contributed by atoms with Gasteiger partial charge in [-0.25, -0.2) is 4.79 Å². The predicted molar refractivity (Wildman–Crippen MR) is 91.7 cm³/mol. The highest BCUT2D eigenvalue weighted by Crippen LogP contribution is 2.48. The quantitative estimate of drug-likeness (QED) is 0.865. The van der Waals surface area contributed by atoms with Gasteiger partial charge in [0.2, 0.25) is 0 Å². The van der Waals surface area contributed by atoms with E-state index in [0.717, 1.165) is 36.8 Å². The van der Waals surface area contributed by atoms with Crippen LogP contribution in [-0.4, -0.2) is 40.9 Å². The van der Waals surface area contributed by atoms with Crippen LogP contribution in [0, 0.1) is 11.3 Å². The number of Topliss-reactive ketones (excluding diaryl/α,β-unsaturated/α-hetero) is 1. The van der Waals surface area contributed by atoms with E-state index in [9.17, 15) is 19.5 Å². The van der Waals surface area contributed by atoms with Crippen LogP contribution in [-0.2, 0) is 11.2 Å². The standard InChI is InChI=1S/C19H22N2O4/c22-16-5-1-3-12-9-14(6-7-15(12)16)20-18(25)21-10-13-4-2-8-19(13,11-21)17(23)24/h6-7,9,13H,1-5,8,10-11H2,(H,20,25)(H,23,24)/t13-,19+/m0/s1. The number of carboxylic acid groups (broad SMARTS) is 1. The van der Waals surface area contributed by atoms with Gasteiger partial charge < -0.3 is 15.3 Å². The second kappa shape index (κ2) is 5.86. The van der Waals surface area contributed by atoms with E-state index in [2.05, 4.69) is 5.32 Å². The number of likely N-dealkylation sites (tertiary alicyclic amines) is 1. The van der Waals surface area contributed by atoms with Crippen LogP contribution in [0.3, 0.4) is 0 Å². The second-order valence-electron chi connectivity index (χ2n) is 7.51. The Morgan fingerprint density at radius 1 is 1.24 bits per heavy atom. The van der Waals surface area contributed by atoms with Gasteiger partial charge in [0.05, 0.1) is 5.41 Å². The number of anilines is 1. The molecule has 0 bridgehead atoms. The molecule has 2 amide bonds. The fourth-order valence-corrected chi connectivity index (χ4v) is 4.72. The van der Waals surface area contributed by atoms with Crippen molar-refractivity contribution in [3.8, 4) is 0 Å². The van der Waals surface area contributed by atoms with Crippen molar-refractivity contribution in [2.75, 3.05) is 18.4 Å². The van der Waals surface area contributed by atoms with Crippen molar-refractivity contribution in [1.82, 2.24) is 4.90 Å². The molecule has 0 spiro atoms. The molecule has 2 fully saturated rings. The van der Waals surface area contributed by atoms with Gasteiger partial charge in [0.25, 0.3) is 0 Å². The van der Waals surface area contributed by atoms with E-state index in [1.54, 1.807) is 17.0 Å². The van der Waals surface area contributed by atoms with Gasteiger partial charge in [-0.15, -0.1) is 0 Å². The lowest BCUT2D eigenvalue weighted by Crippen LogP contribution is -2.38. The number of hydrogen-bond acceptors (Lipinski definition) is 3. The van der Waals surface area contributed by atoms with E-state index < -0.39 is 11.4 Å². The lowest BCUT2D eigenvalue weighted by molar-refractivity contribution is -0.149. The number of aryl methyl sites for hydroxylation is 1. The molecular weight excluding hydrogens is 320 g/mol. The summed E-state index contributed by atoms with van der Waals surface area (Å²) in [6.07, 6.45) is 4.72. The van der Waals surface area contributed by atoms with Gasteiger partial charge >= 0.3 is 12.0 Å². The minimum atomic E-state index is -0.780. The van der Waals surface area contributed by atoms with Gasteiger partial charge in [-0.3, -0.25) is 9.59 Å². The number of nitrogens with one attached hydrogen (secondary N) is 1. The summed E-state index contributed by atoms with van der Waals surface area (Å²) < 4.78 is 0. The molecule has 0 radical (unpaired) electrons. The molecule has 0 aromatic heterocycles. The van der Waals surface area contributed by atoms with Crippen LogP contribution < -0.4 is 5.32 Å². The van der Waals surface area contributed by atoms with Crippen LogP contribution in [0.4, 0.5) is 10.5 Å². The van der Waals surface area contributed by atoms with Crippen molar-refractivity contribution in [2.24, 2.45) is 11.3 Å². The monoisotopic (exact) mass is 342 g/mol. The zero-order valence-corrected chi connectivity index (χ0v) is 14.1. The first-order chi connectivity index (χ1) is 12.0. The lowest BCUT2D eigenvalue weighted by Gasteiger charge is -2.23. The van der Waals surface area contributed by atoms with E-state index in [-0.39, 0.29) is 24.3 Å². The van der Waals surface area contributed by atoms with Crippen LogP contribution in [0.2, 0.25) is 0 Å². The number of fused-ring (bicyclic) bond motifs is 2. The summed E-state index contributed by atoms with van der Waals surface area (Å²) in [5.41, 5.74) is 1.64. The zero-order chi connectivity index (χ0) is 17.6. The molecule has 1 aromatic rings. The van der Waals surface area contributed by atoms with Crippen molar-refractivity contribution < 1.29 is 19.5 Å². The van der Waals surface area contributed by atoms with Crippen LogP contribution in [0.1, 0.15) is 48.0 Å². The Kier molecular flexibility index (Phi) is 3.78. The third-order valence-electron chi connectivity index (χ3n) is 6.09. The molecule has 132 valence electrons. The van der Waals surface area contributed by atoms with Crippen molar-refractivity contribution in [2.45, 2.75) is 38.5 Å². The fraction of sp³-hybridized carbons (Fsp3) is 0.526. The molecule has 1 saturated carbocycles. The highest BCUT2D eigenvalue weighted by molar-refractivity contribution is 5.99. The summed E-state index contributed by atoms with van der Waals surface area (Å²) in [5, 5.41) is 12.5. The zero-order valence-electron chi connectivity index (χ0n) is 14.1. The maximum absolute atomic E-state index is 12.6. The van der Waals surface area contributed by atoms with E-state index in [1.165, 1.54) is 0 Å². The summed E-state index contributed by atoms with van der Waals surface area (Å²) in [5.74, 6) is -0.565. The summed E-state index contributed by atoms with van der Waals surface area (Å²) in [6.45, 7) is 0.782. The number of carboxylic acids is 1. The molecular formula is C19H22N2O4. The molecule has 4 rings (SSSR count). The number of carbonyl (C=O) groups excluding carboxylic acids is 2. The van der Waals surface area contributed by atoms with Gasteiger partial charge in [0.15, 0.2) is 5.78 Å². The number of carbonyl (C=O) groups is 3. The smallest absolute Gasteiger partial charge is 0.321 e. The molecule has 2 N–H and O–H groups in total. The summed E-state index contributed by atoms with van der Waals surface area (Å²) in [7, 11) is 0. The van der Waals surface area contributed by atoms with Crippen molar-refractivity contribution in [1.29, 1.82) is 0 Å². The van der Waals surface area contributed by atoms with Crippen molar-refractivity contribution in [3.05, 3.63) is 29.3 Å². The number of ketones is 1. The minimum absolute atomic E-state index is 0.0527. The van der Waals surface area contributed by atoms with Gasteiger partial charge in [-0.2, -0.15) is 0 Å². The van der Waals surface area contributed by atoms with Gasteiger partial charge in [-0.05, 0) is 55.4 Å². The molecule has 2 aliphatic carbocycles. The Balaban J connectivity index is 1.48. The molecule has 0 unspecified atom stereocenters. The molecule has 1 aliphatic heterocycles. The van der Waals surface area contributed by atoms with Crippen LogP contribution in [0.15, 0.2) is 18.2 Å². The van der Waals surface area contributed by atoms with Crippen LogP contribution in [0.25, 0.3) is 0 Å². The molecule has 1 heterocycles. The topological polar surface area (TPSA) is 86.7 Å². The first-order valence-electron chi connectivity index (χ1n) is 8.95. The average molecular weight is 342 g/mol. The Morgan fingerprint density at radius 2 is 2.08 bits per heavy atom. The number of aliphatic carboxylic acids is 1. The molecule has 6 heteroatoms. The van der Waals surface area contributed by atoms with Crippen molar-refractivity contribution >= 4 is 23.5 Å². The third kappa shape index (κ3) is 2.60. The van der Waals surface area contributed by atoms with E-state index in [1.807, 2.05) is 6.07 Å². The average Bonchev–Trinajstić information content (AvgIpc) is 3.13. The first kappa shape index (κ1) is 16.1. The van der Waals surface area contributed by atoms with Gasteiger partial charge in [0.1, 0.15) is 0 Å². The molecule has 25 heavy (non-hydrogen) atoms. The normalized spacial score (nSPS) is 27.8. The van der Waals surface area contributed by atoms with E-state index in [0.29, 0.717) is 25.1 Å². The summed E-state index contributed by atoms with van der Waals surface area (Å²) in [4.78, 5) is 37.8. The Morgan fingerprint density at radius 3 is 2.84 bits per heavy atom. The van der Waals surface area contributed by atoms with Gasteiger partial charge in [0, 0.05) is 30.8 Å². The highest BCUT2D eigenvalue weighted by atomic mass is 16.4. The number of benzene rings is 1. The van der Waals surface area contributed by atoms with Crippen LogP contribution in [0.5, 0.6) is 0 Å². The lowest BCUT2D eigenvalue weighted by atomic mass is 9.81. The molecule has 1 saturated heterocycles. The number of amides is 2. The van der Waals surface area contributed by atoms with E-state index >= 15 is 0 Å². The molecule has 1 aromatic carbocycles. The Bertz CT molecular complexity index is 760. The predicted octanol–water partition coefficient (Wildman–Crippen LogP) is 2.92. The Hall–Kier alpha value is -2.37. The first-order valence-corrected chi connectivity index (χ1v) is 8.95. The molecule has 6 nitrogen and oxygen atoms in total. The maximum atomic E-state index is 12.6. The fourth-order valence-electron chi connectivity index (χ4n) is 4.72.